The van der Waals surface area contributed by atoms with Crippen molar-refractivity contribution in [2.24, 2.45) is 0 Å². The highest BCUT2D eigenvalue weighted by molar-refractivity contribution is 6.55. The molecule has 35 heavy (non-hydrogen) atoms. The van der Waals surface area contributed by atoms with Crippen LogP contribution in [-0.2, 0) is 0 Å². The maximum atomic E-state index is 12.7. The van der Waals surface area contributed by atoms with Crippen LogP contribution in [0.3, 0.4) is 0 Å². The third kappa shape index (κ3) is 4.75. The van der Waals surface area contributed by atoms with Gasteiger partial charge in [0.15, 0.2) is 13.0 Å². The van der Waals surface area contributed by atoms with Crippen LogP contribution in [0.5, 0.6) is 11.5 Å². The molecule has 9 nitrogen and oxygen atoms in total. The minimum atomic E-state index is -0.774. The Labute approximate surface area is 202 Å². The van der Waals surface area contributed by atoms with E-state index in [4.69, 9.17) is 19.6 Å². The fourth-order valence-electron chi connectivity index (χ4n) is 4.00. The zero-order valence-electron chi connectivity index (χ0n) is 19.4. The molecule has 0 atom stereocenters. The summed E-state index contributed by atoms with van der Waals surface area (Å²) in [6, 6.07) is 15.2. The molecule has 2 aromatic heterocycles. The molecule has 10 heteroatoms. The number of fused-ring (bicyclic) bond motifs is 1. The van der Waals surface area contributed by atoms with Crippen LogP contribution in [0.15, 0.2) is 60.9 Å². The van der Waals surface area contributed by atoms with Gasteiger partial charge in [-0.25, -0.2) is 10.5 Å². The molecule has 0 saturated heterocycles. The summed E-state index contributed by atoms with van der Waals surface area (Å²) in [5.74, 6) is 0.0782. The van der Waals surface area contributed by atoms with E-state index in [-0.39, 0.29) is 24.5 Å². The number of methoxy groups -OCH3 is 1. The van der Waals surface area contributed by atoms with Crippen molar-refractivity contribution in [2.45, 2.75) is 6.82 Å². The first-order valence-electron chi connectivity index (χ1n) is 11.0. The number of aliphatic hydroxyl groups is 1. The molecule has 4 aromatic rings. The lowest BCUT2D eigenvalue weighted by Gasteiger charge is -2.15. The van der Waals surface area contributed by atoms with Gasteiger partial charge >= 0.3 is 0 Å². The first-order valence-corrected chi connectivity index (χ1v) is 11.0. The maximum Gasteiger partial charge on any atom is 0.279 e. The molecule has 2 aromatic carbocycles. The Morgan fingerprint density at radius 1 is 1.06 bits per heavy atom. The topological polar surface area (TPSA) is 125 Å². The van der Waals surface area contributed by atoms with E-state index in [1.165, 1.54) is 19.5 Å². The Kier molecular flexibility index (Phi) is 7.14. The van der Waals surface area contributed by atoms with Crippen molar-refractivity contribution in [3.63, 3.8) is 0 Å². The van der Waals surface area contributed by atoms with Crippen LogP contribution in [0.25, 0.3) is 33.3 Å². The zero-order valence-corrected chi connectivity index (χ0v) is 19.4. The maximum absolute atomic E-state index is 12.7. The number of pyridine rings is 2. The van der Waals surface area contributed by atoms with Crippen molar-refractivity contribution in [1.29, 1.82) is 0 Å². The normalized spacial score (nSPS) is 10.7. The van der Waals surface area contributed by atoms with Crippen LogP contribution in [-0.4, -0.2) is 54.0 Å². The van der Waals surface area contributed by atoms with Gasteiger partial charge in [-0.2, -0.15) is 0 Å². The third-order valence-corrected chi connectivity index (χ3v) is 5.66. The predicted octanol–water partition coefficient (Wildman–Crippen LogP) is 1.70. The van der Waals surface area contributed by atoms with Crippen LogP contribution >= 0.6 is 0 Å². The van der Waals surface area contributed by atoms with E-state index in [1.54, 1.807) is 5.48 Å². The first-order chi connectivity index (χ1) is 17.0. The van der Waals surface area contributed by atoms with Gasteiger partial charge in [0.25, 0.3) is 5.91 Å². The van der Waals surface area contributed by atoms with Crippen LogP contribution in [0.1, 0.15) is 10.4 Å². The number of nitrogens with zero attached hydrogens (tertiary/aromatic N) is 2. The number of amides is 1. The van der Waals surface area contributed by atoms with Crippen LogP contribution in [0.4, 0.5) is 0 Å². The van der Waals surface area contributed by atoms with Crippen molar-refractivity contribution in [2.75, 3.05) is 20.3 Å². The minimum absolute atomic E-state index is 0.0447. The van der Waals surface area contributed by atoms with Gasteiger partial charge in [0.05, 0.1) is 24.6 Å². The number of carbonyl (C=O) groups excluding carboxylic acids is 1. The number of nitrogens with one attached hydrogen (secondary N) is 1. The molecule has 0 saturated carbocycles. The predicted molar refractivity (Wildman–Crippen MR) is 131 cm³/mol. The SMILES string of the molecule is CBc1c[n+](O)cc2c(C(=O)NO)c(OC)c(-c3ccc(-c4ccc(OCCO)cc4)cc3)nc12. The lowest BCUT2D eigenvalue weighted by molar-refractivity contribution is -0.903. The average Bonchev–Trinajstić information content (AvgIpc) is 2.90. The summed E-state index contributed by atoms with van der Waals surface area (Å²) in [4.78, 5) is 17.5. The molecule has 0 aliphatic heterocycles. The highest BCUT2D eigenvalue weighted by atomic mass is 16.5. The monoisotopic (exact) mass is 474 g/mol. The van der Waals surface area contributed by atoms with E-state index < -0.39 is 5.91 Å². The van der Waals surface area contributed by atoms with E-state index in [1.807, 2.05) is 55.4 Å². The summed E-state index contributed by atoms with van der Waals surface area (Å²) in [5, 5.41) is 28.7. The summed E-state index contributed by atoms with van der Waals surface area (Å²) in [5.41, 5.74) is 6.07. The largest absolute Gasteiger partial charge is 0.494 e. The number of aliphatic hydroxyl groups excluding tert-OH is 1. The van der Waals surface area contributed by atoms with E-state index >= 15 is 0 Å². The fraction of sp³-hybridized carbons (Fsp3) is 0.160. The number of hydrogen-bond donors (Lipinski definition) is 4. The number of carbonyl (C=O) groups is 1. The number of aromatic nitrogens is 2. The number of hydroxylamine groups is 1. The Balaban J connectivity index is 1.82. The molecule has 0 aliphatic carbocycles. The van der Waals surface area contributed by atoms with Gasteiger partial charge in [-0.3, -0.25) is 15.2 Å². The highest BCUT2D eigenvalue weighted by Crippen LogP contribution is 2.36. The Morgan fingerprint density at radius 2 is 1.69 bits per heavy atom. The van der Waals surface area contributed by atoms with Gasteiger partial charge < -0.3 is 14.6 Å². The number of hydrogen-bond acceptors (Lipinski definition) is 7. The Hall–Kier alpha value is -4.15. The van der Waals surface area contributed by atoms with Crippen molar-refractivity contribution in [3.8, 4) is 33.9 Å². The van der Waals surface area contributed by atoms with Crippen molar-refractivity contribution in [3.05, 3.63) is 66.5 Å². The molecule has 0 bridgehead atoms. The summed E-state index contributed by atoms with van der Waals surface area (Å²) in [6.45, 7) is 2.11. The molecule has 0 fully saturated rings. The second-order valence-corrected chi connectivity index (χ2v) is 7.76. The smallest absolute Gasteiger partial charge is 0.279 e. The Morgan fingerprint density at radius 3 is 2.26 bits per heavy atom. The number of rotatable bonds is 8. The number of benzene rings is 2. The van der Waals surface area contributed by atoms with Gasteiger partial charge in [0.2, 0.25) is 12.4 Å². The van der Waals surface area contributed by atoms with E-state index in [2.05, 4.69) is 0 Å². The molecule has 1 amide bonds. The average molecular weight is 474 g/mol. The molecule has 4 N–H and O–H groups in total. The third-order valence-electron chi connectivity index (χ3n) is 5.66. The van der Waals surface area contributed by atoms with Crippen molar-refractivity contribution in [1.82, 2.24) is 10.5 Å². The lowest BCUT2D eigenvalue weighted by atomic mass is 9.73. The standard InChI is InChI=1S/C25H24BN3O6/c1-26-20-14-29(33)13-19-21(25(31)28-32)24(34-2)22(27-23(19)20)17-5-3-15(4-6-17)16-7-9-18(10-8-16)35-12-11-30/h3-10,13-14,26,30H,11-12H2,1-2H3,(H2-,27,28,31,32,33)/p+1. The minimum Gasteiger partial charge on any atom is -0.494 e. The molecule has 2 heterocycles. The molecular formula is C25H25BN3O6+. The first kappa shape index (κ1) is 24.0. The molecule has 178 valence electrons. The fourth-order valence-corrected chi connectivity index (χ4v) is 4.00. The molecule has 0 aliphatic rings. The lowest BCUT2D eigenvalue weighted by Crippen LogP contribution is -2.36. The van der Waals surface area contributed by atoms with Crippen LogP contribution < -0.4 is 25.1 Å². The van der Waals surface area contributed by atoms with Crippen LogP contribution in [0.2, 0.25) is 6.82 Å². The highest BCUT2D eigenvalue weighted by Gasteiger charge is 2.26. The summed E-state index contributed by atoms with van der Waals surface area (Å²) in [7, 11) is 1.99. The number of ether oxygens (including phenoxy) is 2. The molecular weight excluding hydrogens is 449 g/mol. The summed E-state index contributed by atoms with van der Waals surface area (Å²) < 4.78 is 11.9. The van der Waals surface area contributed by atoms with E-state index in [0.29, 0.717) is 35.2 Å². The molecule has 0 radical (unpaired) electrons. The van der Waals surface area contributed by atoms with Crippen molar-refractivity contribution < 1.29 is 34.5 Å². The second-order valence-electron chi connectivity index (χ2n) is 7.76. The quantitative estimate of drug-likeness (QED) is 0.101. The summed E-state index contributed by atoms with van der Waals surface area (Å²) >= 11 is 0. The Bertz CT molecular complexity index is 1360. The van der Waals surface area contributed by atoms with Gasteiger partial charge in [0.1, 0.15) is 23.6 Å². The zero-order chi connectivity index (χ0) is 24.9. The summed E-state index contributed by atoms with van der Waals surface area (Å²) in [6.07, 6.45) is 2.89. The van der Waals surface area contributed by atoms with Gasteiger partial charge in [-0.15, -0.1) is 0 Å². The van der Waals surface area contributed by atoms with E-state index in [0.717, 1.165) is 21.3 Å². The van der Waals surface area contributed by atoms with Gasteiger partial charge in [0, 0.05) is 15.8 Å². The van der Waals surface area contributed by atoms with Crippen molar-refractivity contribution >= 4 is 29.6 Å². The molecule has 0 unspecified atom stereocenters. The molecule has 0 spiro atoms. The van der Waals surface area contributed by atoms with Gasteiger partial charge in [-0.05, 0) is 23.3 Å². The van der Waals surface area contributed by atoms with Crippen LogP contribution in [0, 0.1) is 0 Å². The second kappa shape index (κ2) is 10.4. The molecule has 4 rings (SSSR count). The van der Waals surface area contributed by atoms with E-state index in [9.17, 15) is 15.2 Å². The van der Waals surface area contributed by atoms with Gasteiger partial charge in [-0.1, -0.05) is 43.2 Å².